The average molecular weight is 370 g/mol. The van der Waals surface area contributed by atoms with Crippen LogP contribution in [0.25, 0.3) is 16.4 Å². The highest BCUT2D eigenvalue weighted by Gasteiger charge is 2.23. The molecule has 0 unspecified atom stereocenters. The van der Waals surface area contributed by atoms with Crippen LogP contribution in [0.3, 0.4) is 0 Å². The van der Waals surface area contributed by atoms with Gasteiger partial charge in [0.25, 0.3) is 5.56 Å². The van der Waals surface area contributed by atoms with E-state index in [0.717, 1.165) is 24.8 Å². The van der Waals surface area contributed by atoms with Gasteiger partial charge in [-0.1, -0.05) is 19.8 Å². The lowest BCUT2D eigenvalue weighted by Crippen LogP contribution is -2.44. The molecule has 0 saturated heterocycles. The van der Waals surface area contributed by atoms with Gasteiger partial charge in [-0.15, -0.1) is 0 Å². The van der Waals surface area contributed by atoms with Crippen LogP contribution in [-0.4, -0.2) is 26.1 Å². The Balaban J connectivity index is 1.66. The number of aromatic nitrogens is 3. The van der Waals surface area contributed by atoms with Crippen LogP contribution in [-0.2, 0) is 11.3 Å². The van der Waals surface area contributed by atoms with E-state index >= 15 is 0 Å². The fraction of sp³-hybridized carbons (Fsp3) is 0.450. The maximum atomic E-state index is 13.5. The quantitative estimate of drug-likeness (QED) is 0.771. The summed E-state index contributed by atoms with van der Waals surface area (Å²) in [5.74, 6) is 0.465. The van der Waals surface area contributed by atoms with Gasteiger partial charge >= 0.3 is 0 Å². The molecular formula is C20H23FN4O2. The number of fused-ring (bicyclic) bond motifs is 3. The summed E-state index contributed by atoms with van der Waals surface area (Å²) in [4.78, 5) is 25.3. The molecule has 4 rings (SSSR count). The Labute approximate surface area is 156 Å². The van der Waals surface area contributed by atoms with Crippen LogP contribution in [0.15, 0.2) is 29.1 Å². The Morgan fingerprint density at radius 3 is 2.81 bits per heavy atom. The number of benzene rings is 1. The van der Waals surface area contributed by atoms with E-state index in [1.807, 2.05) is 0 Å². The fourth-order valence-electron chi connectivity index (χ4n) is 4.12. The van der Waals surface area contributed by atoms with Crippen molar-refractivity contribution >= 4 is 22.3 Å². The molecule has 2 heterocycles. The van der Waals surface area contributed by atoms with Crippen molar-refractivity contribution in [2.75, 3.05) is 0 Å². The number of amides is 1. The molecule has 0 radical (unpaired) electrons. The molecule has 2 aromatic heterocycles. The first kappa shape index (κ1) is 17.7. The summed E-state index contributed by atoms with van der Waals surface area (Å²) in [5.41, 5.74) is 0.757. The third kappa shape index (κ3) is 3.22. The minimum Gasteiger partial charge on any atom is -0.351 e. The van der Waals surface area contributed by atoms with E-state index in [9.17, 15) is 14.0 Å². The van der Waals surface area contributed by atoms with Crippen LogP contribution in [0.5, 0.6) is 0 Å². The molecule has 27 heavy (non-hydrogen) atoms. The Morgan fingerprint density at radius 1 is 1.26 bits per heavy atom. The van der Waals surface area contributed by atoms with Crippen molar-refractivity contribution in [2.45, 2.75) is 52.1 Å². The van der Waals surface area contributed by atoms with Gasteiger partial charge in [0.15, 0.2) is 0 Å². The summed E-state index contributed by atoms with van der Waals surface area (Å²) < 4.78 is 16.4. The standard InChI is InChI=1S/C20H23FN4O2/c1-12-5-3-4-6-16(12)22-19(26)11-24-20(27)18-10-14-9-15(21)7-8-17(14)25(18)13(2)23-24/h7-10,12,16H,3-6,11H2,1-2H3,(H,22,26)/t12-,16+/m0/s1. The van der Waals surface area contributed by atoms with Gasteiger partial charge in [0, 0.05) is 11.4 Å². The van der Waals surface area contributed by atoms with E-state index in [0.29, 0.717) is 22.6 Å². The minimum atomic E-state index is -0.357. The molecule has 1 amide bonds. The molecule has 6 nitrogen and oxygen atoms in total. The molecule has 0 spiro atoms. The molecule has 7 heteroatoms. The third-order valence-electron chi connectivity index (χ3n) is 5.56. The molecule has 0 bridgehead atoms. The van der Waals surface area contributed by atoms with Gasteiger partial charge in [-0.3, -0.25) is 14.0 Å². The summed E-state index contributed by atoms with van der Waals surface area (Å²) in [6, 6.07) is 6.19. The molecule has 1 N–H and O–H groups in total. The summed E-state index contributed by atoms with van der Waals surface area (Å²) in [5, 5.41) is 8.00. The van der Waals surface area contributed by atoms with E-state index in [1.54, 1.807) is 23.5 Å². The lowest BCUT2D eigenvalue weighted by atomic mass is 9.86. The first-order valence-electron chi connectivity index (χ1n) is 9.42. The van der Waals surface area contributed by atoms with Crippen LogP contribution in [0, 0.1) is 18.7 Å². The number of nitrogens with one attached hydrogen (secondary N) is 1. The molecule has 3 aromatic rings. The highest BCUT2D eigenvalue weighted by molar-refractivity contribution is 5.87. The second-order valence-corrected chi connectivity index (χ2v) is 7.51. The van der Waals surface area contributed by atoms with E-state index in [-0.39, 0.29) is 29.9 Å². The Morgan fingerprint density at radius 2 is 2.04 bits per heavy atom. The van der Waals surface area contributed by atoms with Crippen molar-refractivity contribution in [1.82, 2.24) is 19.5 Å². The predicted molar refractivity (Wildman–Crippen MR) is 101 cm³/mol. The summed E-state index contributed by atoms with van der Waals surface area (Å²) in [6.07, 6.45) is 4.41. The fourth-order valence-corrected chi connectivity index (χ4v) is 4.12. The Kier molecular flexibility index (Phi) is 4.45. The molecule has 1 aliphatic carbocycles. The first-order chi connectivity index (χ1) is 12.9. The number of hydrogen-bond donors (Lipinski definition) is 1. The second kappa shape index (κ2) is 6.79. The van der Waals surface area contributed by atoms with E-state index in [4.69, 9.17) is 0 Å². The molecule has 1 saturated carbocycles. The van der Waals surface area contributed by atoms with Gasteiger partial charge in [0.2, 0.25) is 5.91 Å². The SMILES string of the molecule is Cc1nn(CC(=O)N[C@@H]2CCCC[C@@H]2C)c(=O)c2cc3cc(F)ccc3n12. The number of hydrogen-bond acceptors (Lipinski definition) is 3. The van der Waals surface area contributed by atoms with Gasteiger partial charge in [-0.25, -0.2) is 9.07 Å². The zero-order chi connectivity index (χ0) is 19.1. The monoisotopic (exact) mass is 370 g/mol. The van der Waals surface area contributed by atoms with Gasteiger partial charge in [0.1, 0.15) is 23.7 Å². The lowest BCUT2D eigenvalue weighted by Gasteiger charge is -2.29. The molecule has 142 valence electrons. The number of carbonyl (C=O) groups excluding carboxylic acids is 1. The normalized spacial score (nSPS) is 20.3. The number of nitrogens with zero attached hydrogens (tertiary/aromatic N) is 3. The van der Waals surface area contributed by atoms with Crippen molar-refractivity contribution in [3.05, 3.63) is 46.3 Å². The van der Waals surface area contributed by atoms with Crippen molar-refractivity contribution in [3.8, 4) is 0 Å². The molecule has 1 aromatic carbocycles. The Hall–Kier alpha value is -2.70. The molecule has 1 fully saturated rings. The zero-order valence-electron chi connectivity index (χ0n) is 15.5. The average Bonchev–Trinajstić information content (AvgIpc) is 3.00. The van der Waals surface area contributed by atoms with Crippen LogP contribution in [0.2, 0.25) is 0 Å². The van der Waals surface area contributed by atoms with Crippen LogP contribution in [0.4, 0.5) is 4.39 Å². The molecule has 2 atom stereocenters. The van der Waals surface area contributed by atoms with Gasteiger partial charge < -0.3 is 5.32 Å². The number of halogens is 1. The van der Waals surface area contributed by atoms with Crippen molar-refractivity contribution in [2.24, 2.45) is 5.92 Å². The van der Waals surface area contributed by atoms with E-state index in [2.05, 4.69) is 17.3 Å². The predicted octanol–water partition coefficient (Wildman–Crippen LogP) is 2.79. The van der Waals surface area contributed by atoms with Crippen LogP contribution >= 0.6 is 0 Å². The number of carbonyl (C=O) groups is 1. The maximum absolute atomic E-state index is 13.5. The third-order valence-corrected chi connectivity index (χ3v) is 5.56. The Bertz CT molecular complexity index is 1080. The molecule has 1 aliphatic rings. The summed E-state index contributed by atoms with van der Waals surface area (Å²) in [7, 11) is 0. The van der Waals surface area contributed by atoms with E-state index in [1.165, 1.54) is 23.2 Å². The van der Waals surface area contributed by atoms with Crippen LogP contribution in [0.1, 0.15) is 38.4 Å². The van der Waals surface area contributed by atoms with Crippen molar-refractivity contribution in [1.29, 1.82) is 0 Å². The first-order valence-corrected chi connectivity index (χ1v) is 9.42. The zero-order valence-corrected chi connectivity index (χ0v) is 15.5. The van der Waals surface area contributed by atoms with Crippen molar-refractivity contribution in [3.63, 3.8) is 0 Å². The molecular weight excluding hydrogens is 347 g/mol. The van der Waals surface area contributed by atoms with Gasteiger partial charge in [-0.2, -0.15) is 5.10 Å². The van der Waals surface area contributed by atoms with Crippen LogP contribution < -0.4 is 10.9 Å². The van der Waals surface area contributed by atoms with Gasteiger partial charge in [0.05, 0.1) is 5.52 Å². The highest BCUT2D eigenvalue weighted by atomic mass is 19.1. The summed E-state index contributed by atoms with van der Waals surface area (Å²) in [6.45, 7) is 3.80. The smallest absolute Gasteiger partial charge is 0.291 e. The lowest BCUT2D eigenvalue weighted by molar-refractivity contribution is -0.123. The number of rotatable bonds is 3. The number of aryl methyl sites for hydroxylation is 1. The minimum absolute atomic E-state index is 0.116. The maximum Gasteiger partial charge on any atom is 0.291 e. The van der Waals surface area contributed by atoms with E-state index < -0.39 is 0 Å². The van der Waals surface area contributed by atoms with Gasteiger partial charge in [-0.05, 0) is 49.9 Å². The largest absolute Gasteiger partial charge is 0.351 e. The molecule has 0 aliphatic heterocycles. The second-order valence-electron chi connectivity index (χ2n) is 7.51. The highest BCUT2D eigenvalue weighted by Crippen LogP contribution is 2.23. The summed E-state index contributed by atoms with van der Waals surface area (Å²) >= 11 is 0. The van der Waals surface area contributed by atoms with Crippen molar-refractivity contribution < 1.29 is 9.18 Å². The topological polar surface area (TPSA) is 68.4 Å².